The molecular weight excluding hydrogens is 150 g/mol. The van der Waals surface area contributed by atoms with E-state index in [1.54, 1.807) is 0 Å². The first-order valence-electron chi connectivity index (χ1n) is 3.08. The van der Waals surface area contributed by atoms with Gasteiger partial charge in [0.2, 0.25) is 0 Å². The quantitative estimate of drug-likeness (QED) is 0.451. The highest BCUT2D eigenvalue weighted by Gasteiger charge is 2.13. The van der Waals surface area contributed by atoms with Crippen molar-refractivity contribution in [2.45, 2.75) is 18.1 Å². The van der Waals surface area contributed by atoms with E-state index >= 15 is 0 Å². The molecule has 50 valence electrons. The summed E-state index contributed by atoms with van der Waals surface area (Å²) < 4.78 is 0. The van der Waals surface area contributed by atoms with Crippen molar-refractivity contribution in [1.82, 2.24) is 0 Å². The van der Waals surface area contributed by atoms with Crippen LogP contribution in [0.15, 0.2) is 4.99 Å². The van der Waals surface area contributed by atoms with Crippen LogP contribution in [0.4, 0.5) is 0 Å². The predicted molar refractivity (Wildman–Crippen MR) is 45.4 cm³/mol. The molecule has 0 aliphatic carbocycles. The Morgan fingerprint density at radius 1 is 1.78 bits per heavy atom. The molecular formula is C6H9NS2. The summed E-state index contributed by atoms with van der Waals surface area (Å²) in [7, 11) is 0. The Labute approximate surface area is 64.9 Å². The van der Waals surface area contributed by atoms with Gasteiger partial charge in [-0.25, -0.2) is 4.99 Å². The summed E-state index contributed by atoms with van der Waals surface area (Å²) in [4.78, 5) is 3.90. The van der Waals surface area contributed by atoms with Crippen LogP contribution in [0.5, 0.6) is 0 Å². The number of nitrogens with zero attached hydrogens (tertiary/aromatic N) is 1. The van der Waals surface area contributed by atoms with Crippen LogP contribution < -0.4 is 0 Å². The molecule has 1 saturated heterocycles. The minimum Gasteiger partial charge on any atom is -0.231 e. The largest absolute Gasteiger partial charge is 0.231 e. The lowest BCUT2D eigenvalue weighted by atomic mass is 10.2. The first-order chi connectivity index (χ1) is 4.43. The van der Waals surface area contributed by atoms with E-state index < -0.39 is 0 Å². The minimum atomic E-state index is 0.737. The fourth-order valence-corrected chi connectivity index (χ4v) is 2.18. The van der Waals surface area contributed by atoms with E-state index in [0.717, 1.165) is 11.8 Å². The van der Waals surface area contributed by atoms with E-state index in [1.807, 2.05) is 11.8 Å². The summed E-state index contributed by atoms with van der Waals surface area (Å²) in [6.07, 6.45) is 2.66. The van der Waals surface area contributed by atoms with Crippen molar-refractivity contribution in [2.24, 2.45) is 4.99 Å². The second-order valence-corrected chi connectivity index (χ2v) is 3.66. The van der Waals surface area contributed by atoms with Crippen LogP contribution in [0.1, 0.15) is 12.8 Å². The molecule has 0 N–H and O–H groups in total. The van der Waals surface area contributed by atoms with Crippen molar-refractivity contribution >= 4 is 29.1 Å². The molecule has 1 atom stereocenters. The molecule has 0 spiro atoms. The molecule has 0 bridgehead atoms. The smallest absolute Gasteiger partial charge is 0.0611 e. The van der Waals surface area contributed by atoms with E-state index in [-0.39, 0.29) is 0 Å². The number of hydrogen-bond acceptors (Lipinski definition) is 3. The highest BCUT2D eigenvalue weighted by Crippen LogP contribution is 2.25. The van der Waals surface area contributed by atoms with Gasteiger partial charge in [0, 0.05) is 5.25 Å². The number of hydrogen-bond donors (Lipinski definition) is 0. The molecule has 0 aromatic rings. The third-order valence-corrected chi connectivity index (χ3v) is 2.89. The molecule has 0 amide bonds. The Morgan fingerprint density at radius 2 is 2.67 bits per heavy atom. The van der Waals surface area contributed by atoms with E-state index in [0.29, 0.717) is 0 Å². The molecule has 1 unspecified atom stereocenters. The fraction of sp³-hybridized carbons (Fsp3) is 0.833. The molecule has 1 fully saturated rings. The summed E-state index contributed by atoms with van der Waals surface area (Å²) in [5.74, 6) is 1.30. The zero-order chi connectivity index (χ0) is 6.53. The van der Waals surface area contributed by atoms with Crippen molar-refractivity contribution in [3.8, 4) is 0 Å². The fourth-order valence-electron chi connectivity index (χ4n) is 0.927. The van der Waals surface area contributed by atoms with E-state index in [4.69, 9.17) is 0 Å². The minimum absolute atomic E-state index is 0.737. The Kier molecular flexibility index (Phi) is 3.26. The maximum absolute atomic E-state index is 4.46. The van der Waals surface area contributed by atoms with Crippen LogP contribution in [0.25, 0.3) is 0 Å². The zero-order valence-electron chi connectivity index (χ0n) is 5.17. The molecule has 1 aliphatic rings. The lowest BCUT2D eigenvalue weighted by Crippen LogP contribution is -1.99. The molecule has 1 rings (SSSR count). The summed E-state index contributed by atoms with van der Waals surface area (Å²) in [5.41, 5.74) is 0. The van der Waals surface area contributed by atoms with Gasteiger partial charge in [-0.15, -0.1) is 0 Å². The van der Waals surface area contributed by atoms with Crippen LogP contribution in [0, 0.1) is 0 Å². The SMILES string of the molecule is S=C=NCC1CCCS1. The van der Waals surface area contributed by atoms with Crippen LogP contribution >= 0.6 is 24.0 Å². The van der Waals surface area contributed by atoms with Gasteiger partial charge in [-0.1, -0.05) is 0 Å². The Hall–Kier alpha value is 0.150. The van der Waals surface area contributed by atoms with Crippen LogP contribution in [-0.4, -0.2) is 22.7 Å². The Bertz CT molecular complexity index is 123. The monoisotopic (exact) mass is 159 g/mol. The maximum Gasteiger partial charge on any atom is 0.0611 e. The first kappa shape index (κ1) is 7.26. The summed E-state index contributed by atoms with van der Waals surface area (Å²) in [5, 5.41) is 3.13. The number of isothiocyanates is 1. The van der Waals surface area contributed by atoms with Crippen molar-refractivity contribution in [1.29, 1.82) is 0 Å². The van der Waals surface area contributed by atoms with E-state index in [9.17, 15) is 0 Å². The topological polar surface area (TPSA) is 12.4 Å². The summed E-state index contributed by atoms with van der Waals surface area (Å²) in [6.45, 7) is 0.883. The molecule has 0 aromatic carbocycles. The van der Waals surface area contributed by atoms with Crippen molar-refractivity contribution in [2.75, 3.05) is 12.3 Å². The first-order valence-corrected chi connectivity index (χ1v) is 4.54. The average Bonchev–Trinajstić information content (AvgIpc) is 2.34. The van der Waals surface area contributed by atoms with Crippen LogP contribution in [-0.2, 0) is 0 Å². The van der Waals surface area contributed by atoms with E-state index in [2.05, 4.69) is 22.4 Å². The molecule has 3 heteroatoms. The predicted octanol–water partition coefficient (Wildman–Crippen LogP) is 1.98. The van der Waals surface area contributed by atoms with Gasteiger partial charge in [0.1, 0.15) is 0 Å². The van der Waals surface area contributed by atoms with Crippen molar-refractivity contribution in [3.05, 3.63) is 0 Å². The summed E-state index contributed by atoms with van der Waals surface area (Å²) in [6, 6.07) is 0. The van der Waals surface area contributed by atoms with Gasteiger partial charge in [0.15, 0.2) is 0 Å². The average molecular weight is 159 g/mol. The zero-order valence-corrected chi connectivity index (χ0v) is 6.80. The van der Waals surface area contributed by atoms with Crippen molar-refractivity contribution in [3.63, 3.8) is 0 Å². The highest BCUT2D eigenvalue weighted by atomic mass is 32.2. The third-order valence-electron chi connectivity index (χ3n) is 1.38. The number of thioether (sulfide) groups is 1. The summed E-state index contributed by atoms with van der Waals surface area (Å²) >= 11 is 6.46. The van der Waals surface area contributed by atoms with E-state index in [1.165, 1.54) is 18.6 Å². The Balaban J connectivity index is 2.18. The lowest BCUT2D eigenvalue weighted by Gasteiger charge is -1.99. The molecule has 1 heterocycles. The molecule has 9 heavy (non-hydrogen) atoms. The Morgan fingerprint density at radius 3 is 3.22 bits per heavy atom. The molecule has 1 nitrogen and oxygen atoms in total. The van der Waals surface area contributed by atoms with Gasteiger partial charge >= 0.3 is 0 Å². The second-order valence-electron chi connectivity index (χ2n) is 2.07. The molecule has 0 radical (unpaired) electrons. The molecule has 0 aromatic heterocycles. The van der Waals surface area contributed by atoms with Gasteiger partial charge in [0.25, 0.3) is 0 Å². The number of aliphatic imine (C=N–C) groups is 1. The second kappa shape index (κ2) is 4.04. The normalized spacial score (nSPS) is 25.6. The standard InChI is InChI=1S/C6H9NS2/c8-5-7-4-6-2-1-3-9-6/h6H,1-4H2. The highest BCUT2D eigenvalue weighted by molar-refractivity contribution is 8.00. The van der Waals surface area contributed by atoms with Crippen LogP contribution in [0.3, 0.4) is 0 Å². The van der Waals surface area contributed by atoms with Gasteiger partial charge in [-0.3, -0.25) is 0 Å². The molecule has 0 saturated carbocycles. The van der Waals surface area contributed by atoms with Gasteiger partial charge in [-0.05, 0) is 30.8 Å². The maximum atomic E-state index is 4.46. The number of rotatable bonds is 2. The van der Waals surface area contributed by atoms with Crippen LogP contribution in [0.2, 0.25) is 0 Å². The third kappa shape index (κ3) is 2.48. The van der Waals surface area contributed by atoms with Gasteiger partial charge in [0.05, 0.1) is 11.7 Å². The molecule has 1 aliphatic heterocycles. The van der Waals surface area contributed by atoms with Gasteiger partial charge < -0.3 is 0 Å². The number of thiocarbonyl (C=S) groups is 1. The lowest BCUT2D eigenvalue weighted by molar-refractivity contribution is 0.789. The van der Waals surface area contributed by atoms with Gasteiger partial charge in [-0.2, -0.15) is 11.8 Å². The van der Waals surface area contributed by atoms with Crippen molar-refractivity contribution < 1.29 is 0 Å².